The van der Waals surface area contributed by atoms with Crippen LogP contribution >= 0.6 is 0 Å². The lowest BCUT2D eigenvalue weighted by atomic mass is 9.93. The van der Waals surface area contributed by atoms with E-state index in [2.05, 4.69) is 9.97 Å². The number of carbonyl (C=O) groups is 2. The molecule has 0 atom stereocenters. The number of nitrogens with zero attached hydrogens (tertiary/aromatic N) is 6. The molecule has 2 heterocycles. The van der Waals surface area contributed by atoms with Crippen LogP contribution in [0, 0.1) is 20.2 Å². The second-order valence-corrected chi connectivity index (χ2v) is 9.24. The monoisotopic (exact) mass is 492 g/mol. The lowest BCUT2D eigenvalue weighted by Gasteiger charge is -2.34. The minimum Gasteiger partial charge on any atom is -0.390 e. The highest BCUT2D eigenvalue weighted by molar-refractivity contribution is 5.89. The number of aromatic nitrogens is 4. The van der Waals surface area contributed by atoms with E-state index in [1.54, 1.807) is 27.7 Å². The first-order chi connectivity index (χ1) is 16.3. The van der Waals surface area contributed by atoms with Gasteiger partial charge in [-0.15, -0.1) is 0 Å². The fraction of sp³-hybridized carbons (Fsp3) is 0.636. The third-order valence-electron chi connectivity index (χ3n) is 5.67. The van der Waals surface area contributed by atoms with Crippen molar-refractivity contribution in [1.29, 1.82) is 0 Å². The van der Waals surface area contributed by atoms with Crippen molar-refractivity contribution in [2.45, 2.75) is 90.5 Å². The third-order valence-corrected chi connectivity index (χ3v) is 5.67. The summed E-state index contributed by atoms with van der Waals surface area (Å²) in [5.41, 5.74) is -2.37. The van der Waals surface area contributed by atoms with Crippen LogP contribution in [-0.2, 0) is 27.4 Å². The Morgan fingerprint density at radius 2 is 1.17 bits per heavy atom. The summed E-state index contributed by atoms with van der Waals surface area (Å²) < 4.78 is 8.81. The molecule has 0 amide bonds. The van der Waals surface area contributed by atoms with Crippen molar-refractivity contribution in [3.8, 4) is 0 Å². The molecule has 0 spiro atoms. The van der Waals surface area contributed by atoms with Crippen molar-refractivity contribution in [2.24, 2.45) is 0 Å². The smallest absolute Gasteiger partial charge is 0.390 e. The van der Waals surface area contributed by atoms with Crippen molar-refractivity contribution in [3.63, 3.8) is 0 Å². The van der Waals surface area contributed by atoms with Crippen molar-refractivity contribution in [2.75, 3.05) is 0 Å². The van der Waals surface area contributed by atoms with E-state index in [9.17, 15) is 29.8 Å². The van der Waals surface area contributed by atoms with Crippen molar-refractivity contribution < 1.29 is 24.2 Å². The van der Waals surface area contributed by atoms with E-state index in [0.717, 1.165) is 0 Å². The predicted octanol–water partition coefficient (Wildman–Crippen LogP) is 3.65. The average Bonchev–Trinajstić information content (AvgIpc) is 3.42. The molecule has 0 bridgehead atoms. The van der Waals surface area contributed by atoms with Crippen LogP contribution in [0.5, 0.6) is 0 Å². The van der Waals surface area contributed by atoms with E-state index in [0.29, 0.717) is 38.8 Å². The number of imidazole rings is 2. The molecule has 2 aromatic rings. The van der Waals surface area contributed by atoms with Crippen molar-refractivity contribution in [3.05, 3.63) is 45.0 Å². The molecule has 0 aliphatic rings. The van der Waals surface area contributed by atoms with Crippen LogP contribution < -0.4 is 0 Å². The van der Waals surface area contributed by atoms with Crippen LogP contribution in [0.3, 0.4) is 0 Å². The van der Waals surface area contributed by atoms with Crippen molar-refractivity contribution >= 4 is 23.5 Å². The van der Waals surface area contributed by atoms with E-state index in [-0.39, 0.29) is 36.3 Å². The Morgan fingerprint density at radius 3 is 1.51 bits per heavy atom. The van der Waals surface area contributed by atoms with Crippen LogP contribution in [0.15, 0.2) is 24.8 Å². The Labute approximate surface area is 202 Å². The fourth-order valence-corrected chi connectivity index (χ4v) is 3.78. The molecular formula is C22H32N6O7. The summed E-state index contributed by atoms with van der Waals surface area (Å²) in [5.74, 6) is -0.788. The molecule has 0 aliphatic carbocycles. The van der Waals surface area contributed by atoms with E-state index in [4.69, 9.17) is 4.74 Å². The quantitative estimate of drug-likeness (QED) is 0.193. The topological polar surface area (TPSA) is 165 Å². The zero-order valence-electron chi connectivity index (χ0n) is 20.5. The minimum absolute atomic E-state index is 0.161. The minimum atomic E-state index is -1.18. The van der Waals surface area contributed by atoms with Crippen molar-refractivity contribution in [1.82, 2.24) is 19.1 Å². The molecule has 0 N–H and O–H groups in total. The van der Waals surface area contributed by atoms with E-state index >= 15 is 0 Å². The number of ketones is 2. The van der Waals surface area contributed by atoms with Gasteiger partial charge in [0.25, 0.3) is 0 Å². The molecule has 0 fully saturated rings. The van der Waals surface area contributed by atoms with Gasteiger partial charge in [-0.3, -0.25) is 9.59 Å². The normalized spacial score (nSPS) is 12.0. The zero-order chi connectivity index (χ0) is 26.2. The van der Waals surface area contributed by atoms with Gasteiger partial charge in [0.05, 0.1) is 13.1 Å². The Balaban J connectivity index is 1.77. The average molecular weight is 493 g/mol. The Kier molecular flexibility index (Phi) is 9.34. The number of nitro groups is 2. The Morgan fingerprint density at radius 1 is 0.800 bits per heavy atom. The number of hydrogen-bond donors (Lipinski definition) is 0. The first-order valence-corrected chi connectivity index (χ1v) is 11.4. The summed E-state index contributed by atoms with van der Waals surface area (Å²) >= 11 is 0. The molecular weight excluding hydrogens is 460 g/mol. The number of Topliss-reactive ketones (excluding diaryl/α,β-unsaturated/α-hetero) is 2. The molecule has 2 rings (SSSR count). The second-order valence-electron chi connectivity index (χ2n) is 9.24. The summed E-state index contributed by atoms with van der Waals surface area (Å²) in [6.45, 7) is 7.26. The maximum atomic E-state index is 12.8. The van der Waals surface area contributed by atoms with Gasteiger partial charge in [-0.05, 0) is 63.2 Å². The van der Waals surface area contributed by atoms with Crippen LogP contribution in [-0.4, -0.2) is 51.7 Å². The van der Waals surface area contributed by atoms with Crippen LogP contribution in [0.1, 0.15) is 66.2 Å². The second kappa shape index (κ2) is 11.8. The summed E-state index contributed by atoms with van der Waals surface area (Å²) in [7, 11) is 0. The van der Waals surface area contributed by atoms with E-state index in [1.165, 1.54) is 33.9 Å². The number of rotatable bonds is 16. The first kappa shape index (κ1) is 27.8. The number of aryl methyl sites for hydroxylation is 2. The van der Waals surface area contributed by atoms with Gasteiger partial charge in [0.2, 0.25) is 0 Å². The maximum Gasteiger partial charge on any atom is 0.434 e. The maximum absolute atomic E-state index is 12.8. The Hall–Kier alpha value is -3.48. The zero-order valence-corrected chi connectivity index (χ0v) is 20.5. The van der Waals surface area contributed by atoms with Gasteiger partial charge in [-0.25, -0.2) is 9.13 Å². The van der Waals surface area contributed by atoms with Gasteiger partial charge < -0.3 is 25.0 Å². The standard InChI is InChI=1S/C22H32N6O7/c1-21(2,17(29)9-5-7-13-25-15-11-23-19(25)27(31)32)35-22(3,4)18(30)10-6-8-14-26-16-12-24-20(26)28(33)34/h11-12,15-16H,5-10,13-14H2,1-4H3. The van der Waals surface area contributed by atoms with Crippen LogP contribution in [0.25, 0.3) is 0 Å². The highest BCUT2D eigenvalue weighted by Gasteiger charge is 2.38. The van der Waals surface area contributed by atoms with Gasteiger partial charge in [0, 0.05) is 12.8 Å². The third kappa shape index (κ3) is 7.77. The largest absolute Gasteiger partial charge is 0.434 e. The lowest BCUT2D eigenvalue weighted by molar-refractivity contribution is -0.396. The lowest BCUT2D eigenvalue weighted by Crippen LogP contribution is -2.47. The number of unbranched alkanes of at least 4 members (excludes halogenated alkanes) is 2. The van der Waals surface area contributed by atoms with Crippen LogP contribution in [0.4, 0.5) is 11.9 Å². The Bertz CT molecular complexity index is 974. The molecule has 192 valence electrons. The molecule has 0 aliphatic heterocycles. The van der Waals surface area contributed by atoms with Gasteiger partial charge in [0.15, 0.2) is 11.6 Å². The van der Waals surface area contributed by atoms with Gasteiger partial charge in [-0.1, -0.05) is 9.97 Å². The van der Waals surface area contributed by atoms with Gasteiger partial charge >= 0.3 is 11.9 Å². The summed E-state index contributed by atoms with van der Waals surface area (Å²) in [4.78, 5) is 53.6. The predicted molar refractivity (Wildman–Crippen MR) is 125 cm³/mol. The molecule has 13 heteroatoms. The molecule has 0 aromatic carbocycles. The number of hydrogen-bond acceptors (Lipinski definition) is 9. The van der Waals surface area contributed by atoms with Gasteiger partial charge in [0.1, 0.15) is 36.0 Å². The molecule has 13 nitrogen and oxygen atoms in total. The van der Waals surface area contributed by atoms with E-state index in [1.807, 2.05) is 0 Å². The molecule has 35 heavy (non-hydrogen) atoms. The SMILES string of the molecule is CC(C)(OC(C)(C)C(=O)CCCCn1ccnc1[N+](=O)[O-])C(=O)CCCCn1ccnc1[N+](=O)[O-]. The molecule has 0 unspecified atom stereocenters. The summed E-state index contributed by atoms with van der Waals surface area (Å²) in [5, 5.41) is 21.8. The van der Waals surface area contributed by atoms with Crippen LogP contribution in [0.2, 0.25) is 0 Å². The van der Waals surface area contributed by atoms with Gasteiger partial charge in [-0.2, -0.15) is 0 Å². The molecule has 0 saturated heterocycles. The summed E-state index contributed by atoms with van der Waals surface area (Å²) in [6.07, 6.45) is 8.32. The highest BCUT2D eigenvalue weighted by atomic mass is 16.6. The summed E-state index contributed by atoms with van der Waals surface area (Å²) in [6, 6.07) is 0. The molecule has 2 aromatic heterocycles. The number of ether oxygens (including phenoxy) is 1. The first-order valence-electron chi connectivity index (χ1n) is 11.4. The molecule has 0 saturated carbocycles. The molecule has 0 radical (unpaired) electrons. The fourth-order valence-electron chi connectivity index (χ4n) is 3.78. The highest BCUT2D eigenvalue weighted by Crippen LogP contribution is 2.26. The van der Waals surface area contributed by atoms with E-state index < -0.39 is 21.0 Å². The number of carbonyl (C=O) groups excluding carboxylic acids is 2.